The van der Waals surface area contributed by atoms with Crippen LogP contribution in [0.25, 0.3) is 11.3 Å². The van der Waals surface area contributed by atoms with Gasteiger partial charge in [-0.15, -0.1) is 0 Å². The van der Waals surface area contributed by atoms with E-state index in [0.717, 1.165) is 0 Å². The summed E-state index contributed by atoms with van der Waals surface area (Å²) in [6.45, 7) is 0. The average molecular weight is 272 g/mol. The smallest absolute Gasteiger partial charge is 0.311 e. The molecular formula is C11H11F3N4O. The van der Waals surface area contributed by atoms with Gasteiger partial charge in [0, 0.05) is 31.3 Å². The minimum Gasteiger partial charge on any atom is -0.311 e. The van der Waals surface area contributed by atoms with Crippen LogP contribution in [0.2, 0.25) is 0 Å². The van der Waals surface area contributed by atoms with Crippen molar-refractivity contribution in [2.75, 3.05) is 0 Å². The number of H-pyrrole nitrogens is 1. The minimum absolute atomic E-state index is 0.0173. The summed E-state index contributed by atoms with van der Waals surface area (Å²) < 4.78 is 37.9. The van der Waals surface area contributed by atoms with Gasteiger partial charge in [-0.2, -0.15) is 18.3 Å². The molecule has 1 N–H and O–H groups in total. The van der Waals surface area contributed by atoms with Crippen LogP contribution in [0.5, 0.6) is 0 Å². The molecule has 0 aliphatic heterocycles. The van der Waals surface area contributed by atoms with E-state index in [1.807, 2.05) is 0 Å². The maximum atomic E-state index is 12.1. The normalized spacial score (nSPS) is 11.8. The zero-order valence-corrected chi connectivity index (χ0v) is 10.0. The van der Waals surface area contributed by atoms with E-state index >= 15 is 0 Å². The zero-order valence-electron chi connectivity index (χ0n) is 10.0. The van der Waals surface area contributed by atoms with Crippen LogP contribution in [0, 0.1) is 0 Å². The quantitative estimate of drug-likeness (QED) is 0.924. The van der Waals surface area contributed by atoms with Crippen molar-refractivity contribution >= 4 is 0 Å². The maximum absolute atomic E-state index is 12.1. The highest BCUT2D eigenvalue weighted by Gasteiger charge is 2.27. The molecule has 0 radical (unpaired) electrons. The van der Waals surface area contributed by atoms with Gasteiger partial charge in [-0.3, -0.25) is 9.48 Å². The van der Waals surface area contributed by atoms with Crippen LogP contribution in [0.1, 0.15) is 12.2 Å². The van der Waals surface area contributed by atoms with Gasteiger partial charge in [0.1, 0.15) is 5.82 Å². The van der Waals surface area contributed by atoms with Crippen molar-refractivity contribution in [2.45, 2.75) is 19.0 Å². The van der Waals surface area contributed by atoms with Crippen molar-refractivity contribution in [1.82, 2.24) is 19.7 Å². The number of alkyl halides is 3. The van der Waals surface area contributed by atoms with E-state index in [9.17, 15) is 18.0 Å². The number of hydrogen-bond acceptors (Lipinski definition) is 3. The minimum atomic E-state index is -4.27. The highest BCUT2D eigenvalue weighted by atomic mass is 19.4. The van der Waals surface area contributed by atoms with Crippen LogP contribution in [0.3, 0.4) is 0 Å². The first-order valence-corrected chi connectivity index (χ1v) is 5.49. The Kier molecular flexibility index (Phi) is 3.41. The lowest BCUT2D eigenvalue weighted by molar-refractivity contribution is -0.134. The number of nitrogens with zero attached hydrogens (tertiary/aromatic N) is 3. The Bertz CT molecular complexity index is 629. The Hall–Kier alpha value is -2.12. The summed E-state index contributed by atoms with van der Waals surface area (Å²) in [7, 11) is 1.70. The highest BCUT2D eigenvalue weighted by Crippen LogP contribution is 2.21. The molecule has 0 aliphatic rings. The lowest BCUT2D eigenvalue weighted by Crippen LogP contribution is -2.15. The van der Waals surface area contributed by atoms with Gasteiger partial charge in [0.2, 0.25) is 0 Å². The molecule has 0 bridgehead atoms. The number of aromatic amines is 1. The molecule has 102 valence electrons. The van der Waals surface area contributed by atoms with Crippen LogP contribution < -0.4 is 5.56 Å². The van der Waals surface area contributed by atoms with Crippen molar-refractivity contribution in [3.8, 4) is 11.3 Å². The van der Waals surface area contributed by atoms with Gasteiger partial charge in [-0.1, -0.05) is 0 Å². The predicted octanol–water partition coefficient (Wildman–Crippen LogP) is 1.67. The van der Waals surface area contributed by atoms with E-state index in [-0.39, 0.29) is 12.2 Å². The van der Waals surface area contributed by atoms with E-state index in [1.54, 1.807) is 13.2 Å². The largest absolute Gasteiger partial charge is 0.389 e. The van der Waals surface area contributed by atoms with Gasteiger partial charge in [-0.05, 0) is 0 Å². The molecule has 2 aromatic rings. The molecule has 2 heterocycles. The summed E-state index contributed by atoms with van der Waals surface area (Å²) >= 11 is 0. The Morgan fingerprint density at radius 3 is 2.74 bits per heavy atom. The fourth-order valence-corrected chi connectivity index (χ4v) is 1.59. The van der Waals surface area contributed by atoms with E-state index < -0.39 is 18.2 Å². The Morgan fingerprint density at radius 1 is 1.42 bits per heavy atom. The fraction of sp³-hybridized carbons (Fsp3) is 0.364. The molecule has 0 unspecified atom stereocenters. The van der Waals surface area contributed by atoms with Gasteiger partial charge < -0.3 is 4.98 Å². The summed E-state index contributed by atoms with van der Waals surface area (Å²) in [6, 6.07) is 1.23. The topological polar surface area (TPSA) is 63.6 Å². The van der Waals surface area contributed by atoms with E-state index in [0.29, 0.717) is 11.3 Å². The third-order valence-corrected chi connectivity index (χ3v) is 2.44. The second-order valence-electron chi connectivity index (χ2n) is 4.10. The molecular weight excluding hydrogens is 261 g/mol. The maximum Gasteiger partial charge on any atom is 0.389 e. The number of halogens is 3. The zero-order chi connectivity index (χ0) is 14.0. The standard InChI is InChI=1S/C11H11F3N4O/c1-18-6-7(5-15-18)8-4-10(19)17-9(16-8)2-3-11(12,13)14/h4-6H,2-3H2,1H3,(H,16,17,19). The van der Waals surface area contributed by atoms with Gasteiger partial charge in [0.15, 0.2) is 0 Å². The first-order valence-electron chi connectivity index (χ1n) is 5.49. The van der Waals surface area contributed by atoms with Crippen molar-refractivity contribution in [1.29, 1.82) is 0 Å². The summed E-state index contributed by atoms with van der Waals surface area (Å²) in [5.74, 6) is 0.0173. The lowest BCUT2D eigenvalue weighted by atomic mass is 10.2. The van der Waals surface area contributed by atoms with Crippen molar-refractivity contribution in [3.63, 3.8) is 0 Å². The number of rotatable bonds is 3. The van der Waals surface area contributed by atoms with Crippen LogP contribution >= 0.6 is 0 Å². The molecule has 8 heteroatoms. The van der Waals surface area contributed by atoms with Crippen molar-refractivity contribution in [2.24, 2.45) is 7.05 Å². The number of aromatic nitrogens is 4. The SMILES string of the molecule is Cn1cc(-c2cc(=O)[nH]c(CCC(F)(F)F)n2)cn1. The third kappa shape index (κ3) is 3.67. The fourth-order valence-electron chi connectivity index (χ4n) is 1.59. The monoisotopic (exact) mass is 272 g/mol. The second kappa shape index (κ2) is 4.87. The van der Waals surface area contributed by atoms with Crippen molar-refractivity contribution in [3.05, 3.63) is 34.6 Å². The molecule has 0 saturated carbocycles. The van der Waals surface area contributed by atoms with Gasteiger partial charge in [0.25, 0.3) is 5.56 Å². The molecule has 19 heavy (non-hydrogen) atoms. The first-order chi connectivity index (χ1) is 8.83. The second-order valence-corrected chi connectivity index (χ2v) is 4.10. The van der Waals surface area contributed by atoms with Gasteiger partial charge in [0.05, 0.1) is 18.3 Å². The first kappa shape index (κ1) is 13.3. The predicted molar refractivity (Wildman–Crippen MR) is 61.4 cm³/mol. The molecule has 0 saturated heterocycles. The summed E-state index contributed by atoms with van der Waals surface area (Å²) in [5.41, 5.74) is 0.418. The summed E-state index contributed by atoms with van der Waals surface area (Å²) in [4.78, 5) is 17.7. The Labute approximate surface area is 106 Å². The molecule has 0 amide bonds. The van der Waals surface area contributed by atoms with Crippen LogP contribution in [-0.4, -0.2) is 25.9 Å². The van der Waals surface area contributed by atoms with E-state index in [1.165, 1.54) is 16.9 Å². The molecule has 0 spiro atoms. The van der Waals surface area contributed by atoms with Crippen molar-refractivity contribution < 1.29 is 13.2 Å². The molecule has 5 nitrogen and oxygen atoms in total. The van der Waals surface area contributed by atoms with Crippen LogP contribution in [0.15, 0.2) is 23.3 Å². The third-order valence-electron chi connectivity index (χ3n) is 2.44. The Balaban J connectivity index is 2.27. The average Bonchev–Trinajstić information content (AvgIpc) is 2.72. The molecule has 0 aliphatic carbocycles. The lowest BCUT2D eigenvalue weighted by Gasteiger charge is -2.06. The molecule has 0 aromatic carbocycles. The summed E-state index contributed by atoms with van der Waals surface area (Å²) in [5, 5.41) is 3.92. The number of aryl methyl sites for hydroxylation is 2. The number of nitrogens with one attached hydrogen (secondary N) is 1. The molecule has 2 rings (SSSR count). The van der Waals surface area contributed by atoms with Crippen LogP contribution in [0.4, 0.5) is 13.2 Å². The van der Waals surface area contributed by atoms with Crippen LogP contribution in [-0.2, 0) is 13.5 Å². The van der Waals surface area contributed by atoms with E-state index in [2.05, 4.69) is 15.1 Å². The molecule has 0 atom stereocenters. The molecule has 0 fully saturated rings. The number of hydrogen-bond donors (Lipinski definition) is 1. The van der Waals surface area contributed by atoms with Gasteiger partial charge >= 0.3 is 6.18 Å². The van der Waals surface area contributed by atoms with E-state index in [4.69, 9.17) is 0 Å². The van der Waals surface area contributed by atoms with Gasteiger partial charge in [-0.25, -0.2) is 4.98 Å². The molecule has 2 aromatic heterocycles. The highest BCUT2D eigenvalue weighted by molar-refractivity contribution is 5.56. The summed E-state index contributed by atoms with van der Waals surface area (Å²) in [6.07, 6.45) is -2.52. The Morgan fingerprint density at radius 2 is 2.16 bits per heavy atom.